The van der Waals surface area contributed by atoms with Crippen LogP contribution in [-0.2, 0) is 0 Å². The van der Waals surface area contributed by atoms with Gasteiger partial charge in [-0.25, -0.2) is 0 Å². The van der Waals surface area contributed by atoms with Crippen LogP contribution in [0.25, 0.3) is 0 Å². The van der Waals surface area contributed by atoms with Gasteiger partial charge in [-0.3, -0.25) is 0 Å². The fourth-order valence-corrected chi connectivity index (χ4v) is 11.2. The summed E-state index contributed by atoms with van der Waals surface area (Å²) in [6.45, 7) is 22.8. The van der Waals surface area contributed by atoms with Crippen molar-refractivity contribution in [2.45, 2.75) is 125 Å². The maximum atomic E-state index is 4.72. The van der Waals surface area contributed by atoms with Crippen LogP contribution in [0.2, 0.25) is 0 Å². The lowest BCUT2D eigenvalue weighted by molar-refractivity contribution is -0.204. The second-order valence-corrected chi connectivity index (χ2v) is 15.2. The molecule has 0 N–H and O–H groups in total. The molecule has 8 atom stereocenters. The Labute approximate surface area is 217 Å². The zero-order valence-electron chi connectivity index (χ0n) is 24.2. The third-order valence-corrected chi connectivity index (χ3v) is 13.0. The van der Waals surface area contributed by atoms with E-state index in [2.05, 4.69) is 72.7 Å². The van der Waals surface area contributed by atoms with Crippen molar-refractivity contribution in [1.82, 2.24) is 0 Å². The molecule has 4 fully saturated rings. The quantitative estimate of drug-likeness (QED) is 0.381. The van der Waals surface area contributed by atoms with Crippen LogP contribution in [0.3, 0.4) is 0 Å². The lowest BCUT2D eigenvalue weighted by Crippen LogP contribution is -2.62. The van der Waals surface area contributed by atoms with Gasteiger partial charge in [-0.1, -0.05) is 89.9 Å². The Hall–Kier alpha value is -1.04. The third-order valence-electron chi connectivity index (χ3n) is 13.0. The van der Waals surface area contributed by atoms with E-state index in [0.717, 1.165) is 17.8 Å². The summed E-state index contributed by atoms with van der Waals surface area (Å²) >= 11 is 0. The van der Waals surface area contributed by atoms with E-state index in [1.165, 1.54) is 81.8 Å². The van der Waals surface area contributed by atoms with Crippen LogP contribution in [0.5, 0.6) is 0 Å². The van der Waals surface area contributed by atoms with Crippen molar-refractivity contribution >= 4 is 0 Å². The molecule has 0 bridgehead atoms. The molecule has 4 saturated carbocycles. The van der Waals surface area contributed by atoms with E-state index in [4.69, 9.17) is 6.58 Å². The van der Waals surface area contributed by atoms with E-state index in [1.807, 2.05) is 0 Å². The Morgan fingerprint density at radius 1 is 0.800 bits per heavy atom. The highest BCUT2D eigenvalue weighted by Gasteiger charge is 2.65. The smallest absolute Gasteiger partial charge is 0.0149 e. The predicted molar refractivity (Wildman–Crippen MR) is 152 cm³/mol. The second kappa shape index (κ2) is 8.77. The summed E-state index contributed by atoms with van der Waals surface area (Å²) in [4.78, 5) is 0. The van der Waals surface area contributed by atoms with Crippen LogP contribution in [0.15, 0.2) is 36.4 Å². The van der Waals surface area contributed by atoms with Crippen molar-refractivity contribution in [2.24, 2.45) is 45.3 Å². The first-order valence-corrected chi connectivity index (χ1v) is 15.2. The molecule has 0 unspecified atom stereocenters. The number of rotatable bonds is 4. The van der Waals surface area contributed by atoms with Crippen LogP contribution in [0.4, 0.5) is 0 Å². The average molecular weight is 475 g/mol. The van der Waals surface area contributed by atoms with Crippen LogP contribution in [0.1, 0.15) is 129 Å². The fraction of sp³-hybridized carbons (Fsp3) is 0.771. The minimum absolute atomic E-state index is 0.445. The summed E-state index contributed by atoms with van der Waals surface area (Å²) in [6, 6.07) is 9.29. The standard InChI is InChI=1S/C35H54/c1-24-10-14-27(15-11-24)25(2)12-16-28-26(3)13-17-30-33(28,6)22-19-31-34(7)21-9-20-32(4,5)29(34)18-23-35(30,31)8/h10-11,14-15,25,28-31H,3,9,12-13,16-23H2,1-2,4-8H3/t25-,28+,29+,30-,31-,33-,34+,35+/m1/s1. The highest BCUT2D eigenvalue weighted by atomic mass is 14.7. The van der Waals surface area contributed by atoms with Crippen molar-refractivity contribution in [3.8, 4) is 0 Å². The Kier molecular flexibility index (Phi) is 6.42. The Morgan fingerprint density at radius 2 is 1.40 bits per heavy atom. The Bertz CT molecular complexity index is 935. The average Bonchev–Trinajstić information content (AvgIpc) is 2.77. The predicted octanol–water partition coefficient (Wildman–Crippen LogP) is 10.5. The zero-order chi connectivity index (χ0) is 25.2. The lowest BCUT2D eigenvalue weighted by atomic mass is 9.35. The maximum Gasteiger partial charge on any atom is -0.0149 e. The minimum atomic E-state index is 0.445. The van der Waals surface area contributed by atoms with Gasteiger partial charge >= 0.3 is 0 Å². The van der Waals surface area contributed by atoms with Gasteiger partial charge in [0.05, 0.1) is 0 Å². The summed E-state index contributed by atoms with van der Waals surface area (Å²) in [5, 5.41) is 0. The van der Waals surface area contributed by atoms with Crippen molar-refractivity contribution < 1.29 is 0 Å². The molecule has 0 spiro atoms. The van der Waals surface area contributed by atoms with Crippen molar-refractivity contribution in [3.63, 3.8) is 0 Å². The molecule has 0 heteroatoms. The van der Waals surface area contributed by atoms with Crippen molar-refractivity contribution in [1.29, 1.82) is 0 Å². The monoisotopic (exact) mass is 474 g/mol. The summed E-state index contributed by atoms with van der Waals surface area (Å²) in [5.74, 6) is 4.07. The molecule has 0 saturated heterocycles. The molecule has 0 aliphatic heterocycles. The molecule has 1 aromatic rings. The van der Waals surface area contributed by atoms with Gasteiger partial charge in [0.2, 0.25) is 0 Å². The van der Waals surface area contributed by atoms with Crippen LogP contribution >= 0.6 is 0 Å². The van der Waals surface area contributed by atoms with E-state index >= 15 is 0 Å². The SMILES string of the molecule is C=C1CC[C@H]2[C@]3(C)CC[C@H]4C(C)(C)CCC[C@]4(C)[C@H]3CC[C@]2(C)[C@H]1CC[C@@H](C)c1ccc(C)cc1. The molecule has 0 heterocycles. The molecule has 0 radical (unpaired) electrons. The molecule has 0 nitrogen and oxygen atoms in total. The van der Waals surface area contributed by atoms with Gasteiger partial charge in [-0.2, -0.15) is 0 Å². The molecule has 0 aromatic heterocycles. The van der Waals surface area contributed by atoms with Crippen LogP contribution in [-0.4, -0.2) is 0 Å². The molecule has 0 amide bonds. The maximum absolute atomic E-state index is 4.72. The number of benzene rings is 1. The third kappa shape index (κ3) is 3.99. The highest BCUT2D eigenvalue weighted by Crippen LogP contribution is 2.73. The van der Waals surface area contributed by atoms with Crippen LogP contribution < -0.4 is 0 Å². The fourth-order valence-electron chi connectivity index (χ4n) is 11.2. The number of hydrogen-bond donors (Lipinski definition) is 0. The zero-order valence-corrected chi connectivity index (χ0v) is 24.2. The Balaban J connectivity index is 1.38. The second-order valence-electron chi connectivity index (χ2n) is 15.2. The molecular weight excluding hydrogens is 420 g/mol. The van der Waals surface area contributed by atoms with E-state index < -0.39 is 0 Å². The summed E-state index contributed by atoms with van der Waals surface area (Å²) < 4.78 is 0. The first-order chi connectivity index (χ1) is 16.4. The molecule has 5 rings (SSSR count). The van der Waals surface area contributed by atoms with Gasteiger partial charge < -0.3 is 0 Å². The van der Waals surface area contributed by atoms with E-state index in [-0.39, 0.29) is 0 Å². The van der Waals surface area contributed by atoms with Gasteiger partial charge in [0.15, 0.2) is 0 Å². The minimum Gasteiger partial charge on any atom is -0.0996 e. The highest BCUT2D eigenvalue weighted by molar-refractivity contribution is 5.25. The molecule has 1 aromatic carbocycles. The topological polar surface area (TPSA) is 0 Å². The molecular formula is C35H54. The first-order valence-electron chi connectivity index (χ1n) is 15.2. The van der Waals surface area contributed by atoms with Crippen molar-refractivity contribution in [2.75, 3.05) is 0 Å². The van der Waals surface area contributed by atoms with Crippen molar-refractivity contribution in [3.05, 3.63) is 47.5 Å². The summed E-state index contributed by atoms with van der Waals surface area (Å²) in [6.07, 6.45) is 15.5. The van der Waals surface area contributed by atoms with E-state index in [0.29, 0.717) is 33.5 Å². The van der Waals surface area contributed by atoms with Gasteiger partial charge in [0, 0.05) is 0 Å². The molecule has 35 heavy (non-hydrogen) atoms. The van der Waals surface area contributed by atoms with Crippen LogP contribution in [0, 0.1) is 52.3 Å². The Morgan fingerprint density at radius 3 is 2.11 bits per heavy atom. The van der Waals surface area contributed by atoms with Gasteiger partial charge in [-0.05, 0) is 128 Å². The molecule has 4 aliphatic carbocycles. The number of allylic oxidation sites excluding steroid dienone is 1. The number of fused-ring (bicyclic) bond motifs is 5. The normalized spacial score (nSPS) is 43.6. The van der Waals surface area contributed by atoms with E-state index in [1.54, 1.807) is 5.57 Å². The first kappa shape index (κ1) is 25.6. The number of hydrogen-bond acceptors (Lipinski definition) is 0. The van der Waals surface area contributed by atoms with Gasteiger partial charge in [0.25, 0.3) is 0 Å². The molecule has 4 aliphatic rings. The number of aryl methyl sites for hydroxylation is 1. The summed E-state index contributed by atoms with van der Waals surface area (Å²) in [5.41, 5.74) is 6.52. The van der Waals surface area contributed by atoms with Gasteiger partial charge in [-0.15, -0.1) is 0 Å². The largest absolute Gasteiger partial charge is 0.0996 e. The van der Waals surface area contributed by atoms with E-state index in [9.17, 15) is 0 Å². The van der Waals surface area contributed by atoms with Gasteiger partial charge in [0.1, 0.15) is 0 Å². The lowest BCUT2D eigenvalue weighted by Gasteiger charge is -2.70. The summed E-state index contributed by atoms with van der Waals surface area (Å²) in [7, 11) is 0. The molecule has 194 valence electrons.